The Labute approximate surface area is 105 Å². The molecule has 5 heteroatoms. The van der Waals surface area contributed by atoms with Gasteiger partial charge in [0.25, 0.3) is 5.91 Å². The Hall–Kier alpha value is -1.88. The monoisotopic (exact) mass is 244 g/mol. The van der Waals surface area contributed by atoms with Gasteiger partial charge in [0.1, 0.15) is 11.3 Å². The summed E-state index contributed by atoms with van der Waals surface area (Å²) < 4.78 is 1.95. The molecule has 2 aromatic rings. The molecule has 94 valence electrons. The number of piperazine rings is 1. The van der Waals surface area contributed by atoms with E-state index in [4.69, 9.17) is 0 Å². The van der Waals surface area contributed by atoms with Crippen LogP contribution in [-0.2, 0) is 0 Å². The maximum atomic E-state index is 12.3. The average molecular weight is 244 g/mol. The van der Waals surface area contributed by atoms with Crippen LogP contribution < -0.4 is 5.32 Å². The molecule has 0 unspecified atom stereocenters. The van der Waals surface area contributed by atoms with Gasteiger partial charge in [-0.1, -0.05) is 6.07 Å². The van der Waals surface area contributed by atoms with Gasteiger partial charge in [-0.3, -0.25) is 4.79 Å². The molecule has 3 rings (SSSR count). The van der Waals surface area contributed by atoms with Crippen molar-refractivity contribution in [2.24, 2.45) is 0 Å². The highest BCUT2D eigenvalue weighted by molar-refractivity contribution is 5.93. The van der Waals surface area contributed by atoms with E-state index in [2.05, 4.69) is 10.3 Å². The fourth-order valence-corrected chi connectivity index (χ4v) is 2.28. The summed E-state index contributed by atoms with van der Waals surface area (Å²) in [5.74, 6) is 0.0274. The highest BCUT2D eigenvalue weighted by Crippen LogP contribution is 2.10. The number of aromatic nitrogens is 2. The standard InChI is InChI=1S/C13H16N4O/c1-10-3-2-4-12-15-11(9-17(10)12)13(18)16-7-5-14-6-8-16/h2-4,9,14H,5-8H2,1H3. The minimum Gasteiger partial charge on any atom is -0.335 e. The zero-order valence-electron chi connectivity index (χ0n) is 10.4. The zero-order valence-corrected chi connectivity index (χ0v) is 10.4. The first-order valence-electron chi connectivity index (χ1n) is 6.20. The first-order chi connectivity index (χ1) is 8.75. The highest BCUT2D eigenvalue weighted by Gasteiger charge is 2.20. The van der Waals surface area contributed by atoms with Crippen LogP contribution in [0.1, 0.15) is 16.2 Å². The second kappa shape index (κ2) is 4.42. The van der Waals surface area contributed by atoms with Gasteiger partial charge in [0.2, 0.25) is 0 Å². The summed E-state index contributed by atoms with van der Waals surface area (Å²) >= 11 is 0. The van der Waals surface area contributed by atoms with E-state index in [-0.39, 0.29) is 5.91 Å². The van der Waals surface area contributed by atoms with E-state index < -0.39 is 0 Å². The molecule has 3 heterocycles. The van der Waals surface area contributed by atoms with Crippen LogP contribution in [0, 0.1) is 6.92 Å². The summed E-state index contributed by atoms with van der Waals surface area (Å²) in [5, 5.41) is 3.24. The minimum atomic E-state index is 0.0274. The van der Waals surface area contributed by atoms with Crippen LogP contribution in [0.4, 0.5) is 0 Å². The van der Waals surface area contributed by atoms with E-state index in [1.54, 1.807) is 0 Å². The molecule has 0 spiro atoms. The second-order valence-electron chi connectivity index (χ2n) is 4.56. The number of aryl methyl sites for hydroxylation is 1. The molecule has 1 N–H and O–H groups in total. The van der Waals surface area contributed by atoms with Gasteiger partial charge in [0.15, 0.2) is 0 Å². The maximum Gasteiger partial charge on any atom is 0.274 e. The second-order valence-corrected chi connectivity index (χ2v) is 4.56. The van der Waals surface area contributed by atoms with E-state index in [1.165, 1.54) is 0 Å². The predicted molar refractivity (Wildman–Crippen MR) is 68.7 cm³/mol. The van der Waals surface area contributed by atoms with Crippen molar-refractivity contribution in [1.82, 2.24) is 19.6 Å². The van der Waals surface area contributed by atoms with Crippen molar-refractivity contribution in [2.75, 3.05) is 26.2 Å². The molecular weight excluding hydrogens is 228 g/mol. The normalized spacial score (nSPS) is 16.2. The number of pyridine rings is 1. The van der Waals surface area contributed by atoms with Crippen LogP contribution >= 0.6 is 0 Å². The predicted octanol–water partition coefficient (Wildman–Crippen LogP) is 0.688. The molecule has 0 saturated carbocycles. The van der Waals surface area contributed by atoms with Crippen LogP contribution in [0.2, 0.25) is 0 Å². The van der Waals surface area contributed by atoms with Crippen molar-refractivity contribution < 1.29 is 4.79 Å². The fourth-order valence-electron chi connectivity index (χ4n) is 2.28. The topological polar surface area (TPSA) is 49.6 Å². The summed E-state index contributed by atoms with van der Waals surface area (Å²) in [7, 11) is 0. The largest absolute Gasteiger partial charge is 0.335 e. The van der Waals surface area contributed by atoms with E-state index in [1.807, 2.05) is 40.6 Å². The lowest BCUT2D eigenvalue weighted by Gasteiger charge is -2.26. The smallest absolute Gasteiger partial charge is 0.274 e. The third-order valence-corrected chi connectivity index (χ3v) is 3.32. The summed E-state index contributed by atoms with van der Waals surface area (Å²) in [6.45, 7) is 5.24. The van der Waals surface area contributed by atoms with E-state index in [9.17, 15) is 4.79 Å². The number of amides is 1. The van der Waals surface area contributed by atoms with Crippen LogP contribution in [0.3, 0.4) is 0 Å². The first kappa shape index (κ1) is 11.2. The van der Waals surface area contributed by atoms with E-state index >= 15 is 0 Å². The Kier molecular flexibility index (Phi) is 2.76. The van der Waals surface area contributed by atoms with Gasteiger partial charge >= 0.3 is 0 Å². The quantitative estimate of drug-likeness (QED) is 0.803. The Morgan fingerprint density at radius 3 is 2.83 bits per heavy atom. The number of nitrogens with zero attached hydrogens (tertiary/aromatic N) is 3. The van der Waals surface area contributed by atoms with Crippen molar-refractivity contribution >= 4 is 11.6 Å². The number of hydrogen-bond donors (Lipinski definition) is 1. The Balaban J connectivity index is 1.94. The molecule has 0 bridgehead atoms. The number of carbonyl (C=O) groups is 1. The van der Waals surface area contributed by atoms with Gasteiger partial charge in [-0.05, 0) is 19.1 Å². The van der Waals surface area contributed by atoms with Crippen molar-refractivity contribution in [1.29, 1.82) is 0 Å². The van der Waals surface area contributed by atoms with Gasteiger partial charge < -0.3 is 14.6 Å². The maximum absolute atomic E-state index is 12.3. The van der Waals surface area contributed by atoms with Crippen molar-refractivity contribution in [2.45, 2.75) is 6.92 Å². The Bertz CT molecular complexity index is 584. The Morgan fingerprint density at radius 1 is 1.33 bits per heavy atom. The van der Waals surface area contributed by atoms with Gasteiger partial charge in [0, 0.05) is 38.1 Å². The average Bonchev–Trinajstić information content (AvgIpc) is 2.84. The van der Waals surface area contributed by atoms with Gasteiger partial charge in [-0.15, -0.1) is 0 Å². The lowest BCUT2D eigenvalue weighted by molar-refractivity contribution is 0.0730. The summed E-state index contributed by atoms with van der Waals surface area (Å²) in [6.07, 6.45) is 1.83. The van der Waals surface area contributed by atoms with Gasteiger partial charge in [0.05, 0.1) is 0 Å². The molecule has 1 amide bonds. The van der Waals surface area contributed by atoms with Crippen molar-refractivity contribution in [3.8, 4) is 0 Å². The number of imidazole rings is 1. The van der Waals surface area contributed by atoms with Crippen LogP contribution in [-0.4, -0.2) is 46.4 Å². The van der Waals surface area contributed by atoms with Gasteiger partial charge in [-0.2, -0.15) is 0 Å². The van der Waals surface area contributed by atoms with Crippen molar-refractivity contribution in [3.63, 3.8) is 0 Å². The van der Waals surface area contributed by atoms with Crippen molar-refractivity contribution in [3.05, 3.63) is 35.8 Å². The molecule has 1 aliphatic heterocycles. The van der Waals surface area contributed by atoms with Crippen LogP contribution in [0.5, 0.6) is 0 Å². The first-order valence-corrected chi connectivity index (χ1v) is 6.20. The molecule has 5 nitrogen and oxygen atoms in total. The van der Waals surface area contributed by atoms with Gasteiger partial charge in [-0.25, -0.2) is 4.98 Å². The van der Waals surface area contributed by atoms with Crippen LogP contribution in [0.25, 0.3) is 5.65 Å². The number of nitrogens with one attached hydrogen (secondary N) is 1. The van der Waals surface area contributed by atoms with E-state index in [0.717, 1.165) is 37.5 Å². The molecule has 0 radical (unpaired) electrons. The fraction of sp³-hybridized carbons (Fsp3) is 0.385. The Morgan fingerprint density at radius 2 is 2.11 bits per heavy atom. The molecule has 0 aliphatic carbocycles. The summed E-state index contributed by atoms with van der Waals surface area (Å²) in [6, 6.07) is 5.88. The lowest BCUT2D eigenvalue weighted by Crippen LogP contribution is -2.46. The molecule has 1 saturated heterocycles. The SMILES string of the molecule is Cc1cccc2nc(C(=O)N3CCNCC3)cn12. The summed E-state index contributed by atoms with van der Waals surface area (Å²) in [4.78, 5) is 18.6. The third-order valence-electron chi connectivity index (χ3n) is 3.32. The molecule has 2 aromatic heterocycles. The third kappa shape index (κ3) is 1.86. The molecular formula is C13H16N4O. The molecule has 0 atom stereocenters. The summed E-state index contributed by atoms with van der Waals surface area (Å²) in [5.41, 5.74) is 2.44. The number of carbonyl (C=O) groups excluding carboxylic acids is 1. The number of rotatable bonds is 1. The highest BCUT2D eigenvalue weighted by atomic mass is 16.2. The molecule has 1 aliphatic rings. The number of fused-ring (bicyclic) bond motifs is 1. The zero-order chi connectivity index (χ0) is 12.5. The van der Waals surface area contributed by atoms with E-state index in [0.29, 0.717) is 5.69 Å². The molecule has 18 heavy (non-hydrogen) atoms. The minimum absolute atomic E-state index is 0.0274. The molecule has 0 aromatic carbocycles. The van der Waals surface area contributed by atoms with Crippen LogP contribution in [0.15, 0.2) is 24.4 Å². The number of hydrogen-bond acceptors (Lipinski definition) is 3. The lowest BCUT2D eigenvalue weighted by atomic mass is 10.3. The molecule has 1 fully saturated rings.